The van der Waals surface area contributed by atoms with Crippen molar-refractivity contribution in [3.8, 4) is 0 Å². The van der Waals surface area contributed by atoms with Gasteiger partial charge in [-0.25, -0.2) is 13.2 Å². The molecular formula is C13H15NO5S. The molecule has 0 saturated carbocycles. The maximum absolute atomic E-state index is 11.7. The summed E-state index contributed by atoms with van der Waals surface area (Å²) in [4.78, 5) is 11.7. The molecule has 1 aromatic carbocycles. The molecule has 20 heavy (non-hydrogen) atoms. The lowest BCUT2D eigenvalue weighted by atomic mass is 10.2. The van der Waals surface area contributed by atoms with Crippen LogP contribution in [0.1, 0.15) is 17.5 Å². The third-order valence-electron chi connectivity index (χ3n) is 2.81. The molecule has 0 unspecified atom stereocenters. The average molecular weight is 297 g/mol. The first-order valence-electron chi connectivity index (χ1n) is 6.08. The second-order valence-electron chi connectivity index (χ2n) is 4.28. The van der Waals surface area contributed by atoms with Crippen LogP contribution in [0.2, 0.25) is 0 Å². The van der Waals surface area contributed by atoms with Crippen molar-refractivity contribution in [1.82, 2.24) is 0 Å². The molecule has 0 aliphatic heterocycles. The topological polar surface area (TPSA) is 99.6 Å². The standard InChI is InChI=1S/C13H15NO5S/c1-2-20(16,17)6-5-18-13(15)12-8-9-7-10(14)3-4-11(9)19-12/h3-4,7-8H,2,5-6,14H2,1H3. The van der Waals surface area contributed by atoms with Gasteiger partial charge in [-0.05, 0) is 24.3 Å². The van der Waals surface area contributed by atoms with Gasteiger partial charge in [-0.1, -0.05) is 6.92 Å². The predicted octanol–water partition coefficient (Wildman–Crippen LogP) is 1.61. The van der Waals surface area contributed by atoms with Crippen molar-refractivity contribution in [1.29, 1.82) is 0 Å². The van der Waals surface area contributed by atoms with Gasteiger partial charge in [-0.3, -0.25) is 0 Å². The number of hydrogen-bond donors (Lipinski definition) is 1. The number of benzene rings is 1. The maximum atomic E-state index is 11.7. The van der Waals surface area contributed by atoms with Crippen molar-refractivity contribution in [3.63, 3.8) is 0 Å². The molecule has 2 aromatic rings. The molecule has 7 heteroatoms. The largest absolute Gasteiger partial charge is 0.459 e. The highest BCUT2D eigenvalue weighted by Gasteiger charge is 2.15. The van der Waals surface area contributed by atoms with E-state index in [1.807, 2.05) is 0 Å². The lowest BCUT2D eigenvalue weighted by molar-refractivity contribution is 0.0495. The molecule has 0 spiro atoms. The first-order chi connectivity index (χ1) is 9.41. The molecule has 0 atom stereocenters. The van der Waals surface area contributed by atoms with Gasteiger partial charge in [0.15, 0.2) is 9.84 Å². The van der Waals surface area contributed by atoms with E-state index < -0.39 is 15.8 Å². The molecule has 0 saturated heterocycles. The van der Waals surface area contributed by atoms with Gasteiger partial charge in [0.1, 0.15) is 12.2 Å². The number of carbonyl (C=O) groups excluding carboxylic acids is 1. The van der Waals surface area contributed by atoms with Gasteiger partial charge in [0.25, 0.3) is 0 Å². The minimum Gasteiger partial charge on any atom is -0.459 e. The van der Waals surface area contributed by atoms with E-state index in [1.165, 1.54) is 6.07 Å². The van der Waals surface area contributed by atoms with E-state index in [2.05, 4.69) is 0 Å². The fourth-order valence-electron chi connectivity index (χ4n) is 1.64. The Labute approximate surface area is 116 Å². The molecule has 2 N–H and O–H groups in total. The summed E-state index contributed by atoms with van der Waals surface area (Å²) in [6.07, 6.45) is 0. The molecule has 0 amide bonds. The summed E-state index contributed by atoms with van der Waals surface area (Å²) in [5.41, 5.74) is 6.71. The molecule has 6 nitrogen and oxygen atoms in total. The third-order valence-corrected chi connectivity index (χ3v) is 4.48. The van der Waals surface area contributed by atoms with Crippen molar-refractivity contribution in [2.75, 3.05) is 23.8 Å². The molecular weight excluding hydrogens is 282 g/mol. The lowest BCUT2D eigenvalue weighted by Crippen LogP contribution is -2.16. The number of ether oxygens (including phenoxy) is 1. The second kappa shape index (κ2) is 5.54. The van der Waals surface area contributed by atoms with Crippen LogP contribution < -0.4 is 5.73 Å². The minimum absolute atomic E-state index is 0.0223. The summed E-state index contributed by atoms with van der Waals surface area (Å²) >= 11 is 0. The molecule has 108 valence electrons. The quantitative estimate of drug-likeness (QED) is 0.664. The van der Waals surface area contributed by atoms with Crippen molar-refractivity contribution < 1.29 is 22.4 Å². The fraction of sp³-hybridized carbons (Fsp3) is 0.308. The van der Waals surface area contributed by atoms with Gasteiger partial charge in [0.05, 0.1) is 5.75 Å². The Balaban J connectivity index is 2.04. The zero-order valence-electron chi connectivity index (χ0n) is 11.0. The highest BCUT2D eigenvalue weighted by Crippen LogP contribution is 2.22. The zero-order chi connectivity index (χ0) is 14.8. The first-order valence-corrected chi connectivity index (χ1v) is 7.90. The molecule has 2 rings (SSSR count). The molecule has 1 heterocycles. The Kier molecular flexibility index (Phi) is 3.99. The summed E-state index contributed by atoms with van der Waals surface area (Å²) in [6.45, 7) is 1.36. The van der Waals surface area contributed by atoms with Crippen LogP contribution in [0.15, 0.2) is 28.7 Å². The fourth-order valence-corrected chi connectivity index (χ4v) is 2.27. The van der Waals surface area contributed by atoms with E-state index in [4.69, 9.17) is 14.9 Å². The Morgan fingerprint density at radius 3 is 2.80 bits per heavy atom. The van der Waals surface area contributed by atoms with Crippen molar-refractivity contribution in [2.24, 2.45) is 0 Å². The minimum atomic E-state index is -3.15. The number of anilines is 1. The number of furan rings is 1. The maximum Gasteiger partial charge on any atom is 0.374 e. The summed E-state index contributed by atoms with van der Waals surface area (Å²) in [6, 6.07) is 6.51. The smallest absolute Gasteiger partial charge is 0.374 e. The van der Waals surface area contributed by atoms with Crippen molar-refractivity contribution in [3.05, 3.63) is 30.0 Å². The number of hydrogen-bond acceptors (Lipinski definition) is 6. The summed E-state index contributed by atoms with van der Waals surface area (Å²) in [7, 11) is -3.15. The Hall–Kier alpha value is -2.02. The van der Waals surface area contributed by atoms with Gasteiger partial charge in [-0.2, -0.15) is 0 Å². The van der Waals surface area contributed by atoms with E-state index in [0.717, 1.165) is 0 Å². The number of nitrogen functional groups attached to an aromatic ring is 1. The highest BCUT2D eigenvalue weighted by atomic mass is 32.2. The van der Waals surface area contributed by atoms with E-state index in [1.54, 1.807) is 25.1 Å². The van der Waals surface area contributed by atoms with Gasteiger partial charge in [0.2, 0.25) is 5.76 Å². The zero-order valence-corrected chi connectivity index (χ0v) is 11.8. The van der Waals surface area contributed by atoms with Gasteiger partial charge >= 0.3 is 5.97 Å². The molecule has 0 bridgehead atoms. The number of nitrogens with two attached hydrogens (primary N) is 1. The van der Waals surface area contributed by atoms with E-state index in [-0.39, 0.29) is 23.9 Å². The molecule has 0 aliphatic carbocycles. The summed E-state index contributed by atoms with van der Waals surface area (Å²) in [5, 5.41) is 0.693. The van der Waals surface area contributed by atoms with E-state index in [9.17, 15) is 13.2 Å². The molecule has 1 aromatic heterocycles. The molecule has 0 fully saturated rings. The van der Waals surface area contributed by atoms with Gasteiger partial charge in [-0.15, -0.1) is 0 Å². The molecule has 0 aliphatic rings. The first kappa shape index (κ1) is 14.4. The number of carbonyl (C=O) groups is 1. The van der Waals surface area contributed by atoms with Crippen LogP contribution in [0.5, 0.6) is 0 Å². The van der Waals surface area contributed by atoms with E-state index >= 15 is 0 Å². The van der Waals surface area contributed by atoms with Crippen LogP contribution in [-0.4, -0.2) is 32.5 Å². The predicted molar refractivity (Wildman–Crippen MR) is 75.2 cm³/mol. The highest BCUT2D eigenvalue weighted by molar-refractivity contribution is 7.91. The van der Waals surface area contributed by atoms with E-state index in [0.29, 0.717) is 16.7 Å². The van der Waals surface area contributed by atoms with Crippen LogP contribution in [0, 0.1) is 0 Å². The van der Waals surface area contributed by atoms with Crippen LogP contribution in [-0.2, 0) is 14.6 Å². The Bertz CT molecular complexity index is 732. The van der Waals surface area contributed by atoms with Gasteiger partial charge < -0.3 is 14.9 Å². The number of sulfone groups is 1. The van der Waals surface area contributed by atoms with Crippen molar-refractivity contribution in [2.45, 2.75) is 6.92 Å². The van der Waals surface area contributed by atoms with Crippen LogP contribution in [0.4, 0.5) is 5.69 Å². The normalized spacial score (nSPS) is 11.7. The van der Waals surface area contributed by atoms with Crippen LogP contribution in [0.3, 0.4) is 0 Å². The third kappa shape index (κ3) is 3.30. The van der Waals surface area contributed by atoms with Crippen LogP contribution in [0.25, 0.3) is 11.0 Å². The Morgan fingerprint density at radius 1 is 1.35 bits per heavy atom. The summed E-state index contributed by atoms with van der Waals surface area (Å²) in [5.74, 6) is -0.831. The Morgan fingerprint density at radius 2 is 2.10 bits per heavy atom. The monoisotopic (exact) mass is 297 g/mol. The number of fused-ring (bicyclic) bond motifs is 1. The SMILES string of the molecule is CCS(=O)(=O)CCOC(=O)c1cc2cc(N)ccc2o1. The number of esters is 1. The van der Waals surface area contributed by atoms with Crippen molar-refractivity contribution >= 4 is 32.5 Å². The van der Waals surface area contributed by atoms with Crippen LogP contribution >= 0.6 is 0 Å². The molecule has 0 radical (unpaired) electrons. The average Bonchev–Trinajstić information content (AvgIpc) is 2.81. The number of rotatable bonds is 5. The summed E-state index contributed by atoms with van der Waals surface area (Å²) < 4.78 is 32.7. The lowest BCUT2D eigenvalue weighted by Gasteiger charge is -2.02. The second-order valence-corrected chi connectivity index (χ2v) is 6.75. The van der Waals surface area contributed by atoms with Gasteiger partial charge in [0, 0.05) is 16.8 Å².